The van der Waals surface area contributed by atoms with Gasteiger partial charge in [0.2, 0.25) is 0 Å². The van der Waals surface area contributed by atoms with Crippen LogP contribution in [0.3, 0.4) is 0 Å². The summed E-state index contributed by atoms with van der Waals surface area (Å²) in [5, 5.41) is 9.29. The number of nitrogens with zero attached hydrogens (tertiary/aromatic N) is 1. The lowest BCUT2D eigenvalue weighted by Crippen LogP contribution is -1.82. The van der Waals surface area contributed by atoms with Gasteiger partial charge in [-0.15, -0.1) is 11.3 Å². The molecule has 0 aliphatic rings. The quantitative estimate of drug-likeness (QED) is 0.709. The van der Waals surface area contributed by atoms with E-state index in [1.165, 1.54) is 15.3 Å². The molecule has 1 aromatic heterocycles. The van der Waals surface area contributed by atoms with Crippen molar-refractivity contribution in [3.8, 4) is 6.07 Å². The van der Waals surface area contributed by atoms with Crippen LogP contribution in [0.1, 0.15) is 26.4 Å². The Labute approximate surface area is 112 Å². The topological polar surface area (TPSA) is 23.8 Å². The zero-order chi connectivity index (χ0) is 13.1. The molecule has 0 atom stereocenters. The Morgan fingerprint density at radius 2 is 1.83 bits per heavy atom. The van der Waals surface area contributed by atoms with Gasteiger partial charge in [0.15, 0.2) is 0 Å². The molecule has 0 amide bonds. The van der Waals surface area contributed by atoms with Crippen molar-refractivity contribution >= 4 is 23.0 Å². The molecule has 0 fully saturated rings. The molecule has 0 aliphatic carbocycles. The molecule has 0 radical (unpaired) electrons. The number of benzene rings is 1. The predicted molar refractivity (Wildman–Crippen MR) is 78.5 cm³/mol. The van der Waals surface area contributed by atoms with E-state index in [1.807, 2.05) is 37.3 Å². The van der Waals surface area contributed by atoms with Gasteiger partial charge in [0.1, 0.15) is 0 Å². The molecule has 0 saturated carbocycles. The van der Waals surface area contributed by atoms with Crippen molar-refractivity contribution in [3.05, 3.63) is 56.8 Å². The fourth-order valence-electron chi connectivity index (χ4n) is 1.86. The molecule has 90 valence electrons. The van der Waals surface area contributed by atoms with E-state index < -0.39 is 0 Å². The lowest BCUT2D eigenvalue weighted by Gasteiger charge is -2.00. The Hall–Kier alpha value is -1.85. The standard InChI is InChI=1S/C16H15NS/c1-11-4-6-14(7-5-11)16(10-17)9-15-8-12(2)18-13(15)3/h4-9H,1-3H3/b16-9+. The van der Waals surface area contributed by atoms with Crippen molar-refractivity contribution in [1.29, 1.82) is 5.26 Å². The fourth-order valence-corrected chi connectivity index (χ4v) is 2.77. The van der Waals surface area contributed by atoms with Crippen LogP contribution in [0.25, 0.3) is 11.6 Å². The first-order chi connectivity index (χ1) is 8.60. The SMILES string of the molecule is Cc1ccc(/C(C#N)=C/c2cc(C)sc2C)cc1. The molecule has 0 saturated heterocycles. The summed E-state index contributed by atoms with van der Waals surface area (Å²) >= 11 is 1.77. The first-order valence-corrected chi connectivity index (χ1v) is 6.67. The summed E-state index contributed by atoms with van der Waals surface area (Å²) in [4.78, 5) is 2.53. The number of aryl methyl sites for hydroxylation is 3. The molecular weight excluding hydrogens is 238 g/mol. The number of allylic oxidation sites excluding steroid dienone is 1. The molecule has 1 heterocycles. The van der Waals surface area contributed by atoms with Crippen LogP contribution in [0, 0.1) is 32.1 Å². The zero-order valence-corrected chi connectivity index (χ0v) is 11.6. The minimum atomic E-state index is 0.718. The summed E-state index contributed by atoms with van der Waals surface area (Å²) in [6.45, 7) is 6.23. The van der Waals surface area contributed by atoms with Crippen LogP contribution in [0.15, 0.2) is 30.3 Å². The molecule has 2 heteroatoms. The third-order valence-electron chi connectivity index (χ3n) is 2.86. The second-order valence-corrected chi connectivity index (χ2v) is 5.86. The first kappa shape index (κ1) is 12.6. The summed E-state index contributed by atoms with van der Waals surface area (Å²) in [7, 11) is 0. The summed E-state index contributed by atoms with van der Waals surface area (Å²) in [5.41, 5.74) is 4.05. The van der Waals surface area contributed by atoms with Gasteiger partial charge in [0, 0.05) is 9.75 Å². The highest BCUT2D eigenvalue weighted by Gasteiger charge is 2.04. The van der Waals surface area contributed by atoms with Crippen LogP contribution >= 0.6 is 11.3 Å². The number of rotatable bonds is 2. The molecule has 0 aliphatic heterocycles. The highest BCUT2D eigenvalue weighted by molar-refractivity contribution is 7.12. The van der Waals surface area contributed by atoms with Crippen LogP contribution in [0.4, 0.5) is 0 Å². The smallest absolute Gasteiger partial charge is 0.0998 e. The van der Waals surface area contributed by atoms with E-state index in [0.29, 0.717) is 0 Å². The van der Waals surface area contributed by atoms with Crippen LogP contribution in [0.2, 0.25) is 0 Å². The minimum absolute atomic E-state index is 0.718. The van der Waals surface area contributed by atoms with Gasteiger partial charge in [-0.05, 0) is 44.0 Å². The van der Waals surface area contributed by atoms with E-state index in [0.717, 1.165) is 16.7 Å². The molecule has 0 N–H and O–H groups in total. The average Bonchev–Trinajstić information content (AvgIpc) is 2.66. The molecular formula is C16H15NS. The molecule has 2 aromatic rings. The largest absolute Gasteiger partial charge is 0.192 e. The first-order valence-electron chi connectivity index (χ1n) is 5.86. The lowest BCUT2D eigenvalue weighted by molar-refractivity contribution is 1.45. The molecule has 2 rings (SSSR count). The number of thiophene rings is 1. The van der Waals surface area contributed by atoms with Gasteiger partial charge in [-0.3, -0.25) is 0 Å². The average molecular weight is 253 g/mol. The van der Waals surface area contributed by atoms with E-state index >= 15 is 0 Å². The number of nitriles is 1. The molecule has 1 nitrogen and oxygen atoms in total. The highest BCUT2D eigenvalue weighted by atomic mass is 32.1. The summed E-state index contributed by atoms with van der Waals surface area (Å²) in [6, 6.07) is 12.5. The lowest BCUT2D eigenvalue weighted by atomic mass is 10.0. The summed E-state index contributed by atoms with van der Waals surface area (Å²) < 4.78 is 0. The zero-order valence-electron chi connectivity index (χ0n) is 10.8. The van der Waals surface area contributed by atoms with Crippen LogP contribution in [0.5, 0.6) is 0 Å². The Morgan fingerprint density at radius 1 is 1.17 bits per heavy atom. The number of hydrogen-bond acceptors (Lipinski definition) is 2. The molecule has 0 spiro atoms. The second kappa shape index (κ2) is 5.20. The second-order valence-electron chi connectivity index (χ2n) is 4.40. The van der Waals surface area contributed by atoms with Gasteiger partial charge in [-0.1, -0.05) is 29.8 Å². The van der Waals surface area contributed by atoms with Crippen molar-refractivity contribution in [2.75, 3.05) is 0 Å². The Bertz CT molecular complexity index is 624. The Morgan fingerprint density at radius 3 is 2.33 bits per heavy atom. The molecule has 1 aromatic carbocycles. The van der Waals surface area contributed by atoms with E-state index in [2.05, 4.69) is 26.0 Å². The highest BCUT2D eigenvalue weighted by Crippen LogP contribution is 2.25. The van der Waals surface area contributed by atoms with E-state index in [1.54, 1.807) is 11.3 Å². The van der Waals surface area contributed by atoms with E-state index in [-0.39, 0.29) is 0 Å². The molecule has 18 heavy (non-hydrogen) atoms. The maximum atomic E-state index is 9.29. The molecule has 0 bridgehead atoms. The minimum Gasteiger partial charge on any atom is -0.192 e. The fraction of sp³-hybridized carbons (Fsp3) is 0.188. The Kier molecular flexibility index (Phi) is 3.64. The summed E-state index contributed by atoms with van der Waals surface area (Å²) in [6.07, 6.45) is 1.98. The number of hydrogen-bond donors (Lipinski definition) is 0. The maximum Gasteiger partial charge on any atom is 0.0998 e. The maximum absolute atomic E-state index is 9.29. The van der Waals surface area contributed by atoms with Crippen LogP contribution in [-0.2, 0) is 0 Å². The van der Waals surface area contributed by atoms with Gasteiger partial charge in [0.25, 0.3) is 0 Å². The summed E-state index contributed by atoms with van der Waals surface area (Å²) in [5.74, 6) is 0. The monoisotopic (exact) mass is 253 g/mol. The van der Waals surface area contributed by atoms with Crippen molar-refractivity contribution in [1.82, 2.24) is 0 Å². The van der Waals surface area contributed by atoms with Gasteiger partial charge in [0.05, 0.1) is 11.6 Å². The normalized spacial score (nSPS) is 11.3. The van der Waals surface area contributed by atoms with E-state index in [4.69, 9.17) is 0 Å². The predicted octanol–water partition coefficient (Wildman–Crippen LogP) is 4.74. The van der Waals surface area contributed by atoms with Crippen LogP contribution < -0.4 is 0 Å². The van der Waals surface area contributed by atoms with Gasteiger partial charge >= 0.3 is 0 Å². The van der Waals surface area contributed by atoms with Crippen molar-refractivity contribution in [2.24, 2.45) is 0 Å². The van der Waals surface area contributed by atoms with E-state index in [9.17, 15) is 5.26 Å². The van der Waals surface area contributed by atoms with Gasteiger partial charge in [-0.2, -0.15) is 5.26 Å². The van der Waals surface area contributed by atoms with Crippen LogP contribution in [-0.4, -0.2) is 0 Å². The van der Waals surface area contributed by atoms with Crippen molar-refractivity contribution < 1.29 is 0 Å². The van der Waals surface area contributed by atoms with Gasteiger partial charge < -0.3 is 0 Å². The third-order valence-corrected chi connectivity index (χ3v) is 3.84. The van der Waals surface area contributed by atoms with Crippen molar-refractivity contribution in [3.63, 3.8) is 0 Å². The Balaban J connectivity index is 2.43. The third kappa shape index (κ3) is 2.69. The van der Waals surface area contributed by atoms with Gasteiger partial charge in [-0.25, -0.2) is 0 Å². The van der Waals surface area contributed by atoms with Crippen molar-refractivity contribution in [2.45, 2.75) is 20.8 Å². The molecule has 0 unspecified atom stereocenters.